The van der Waals surface area contributed by atoms with Crippen LogP contribution in [0.25, 0.3) is 5.69 Å². The molecule has 0 spiro atoms. The van der Waals surface area contributed by atoms with Crippen molar-refractivity contribution in [2.24, 2.45) is 0 Å². The Bertz CT molecular complexity index is 1160. The van der Waals surface area contributed by atoms with E-state index in [9.17, 15) is 13.9 Å². The number of β-amino-alcohol motifs (C(OH)–C–C–N with tert-alkyl or cyclic N) is 1. The molecular formula is C23H23F3N4O2. The molecular weight excluding hydrogens is 421 g/mol. The first-order valence-corrected chi connectivity index (χ1v) is 10.6. The van der Waals surface area contributed by atoms with Crippen LogP contribution < -0.4 is 4.74 Å². The number of aliphatic hydroxyl groups is 1. The molecule has 32 heavy (non-hydrogen) atoms. The second kappa shape index (κ2) is 7.90. The van der Waals surface area contributed by atoms with Crippen molar-refractivity contribution in [3.63, 3.8) is 0 Å². The number of nitrogens with zero attached hydrogens (tertiary/aromatic N) is 4. The Kier molecular flexibility index (Phi) is 5.17. The molecule has 168 valence electrons. The van der Waals surface area contributed by atoms with E-state index >= 15 is 4.39 Å². The number of benzene rings is 2. The van der Waals surface area contributed by atoms with Gasteiger partial charge in [0.2, 0.25) is 0 Å². The van der Waals surface area contributed by atoms with E-state index in [1.165, 1.54) is 18.2 Å². The van der Waals surface area contributed by atoms with Crippen LogP contribution in [0.5, 0.6) is 5.75 Å². The fourth-order valence-electron chi connectivity index (χ4n) is 4.85. The molecule has 1 fully saturated rings. The normalized spacial score (nSPS) is 23.0. The highest BCUT2D eigenvalue weighted by atomic mass is 19.1. The third-order valence-corrected chi connectivity index (χ3v) is 6.34. The molecule has 0 radical (unpaired) electrons. The summed E-state index contributed by atoms with van der Waals surface area (Å²) in [6.45, 7) is 4.57. The summed E-state index contributed by atoms with van der Waals surface area (Å²) in [4.78, 5) is 2.00. The first-order chi connectivity index (χ1) is 15.3. The van der Waals surface area contributed by atoms with Gasteiger partial charge in [-0.3, -0.25) is 9.47 Å². The number of fused-ring (bicyclic) bond motifs is 1. The Balaban J connectivity index is 1.50. The van der Waals surface area contributed by atoms with E-state index in [0.717, 1.165) is 6.07 Å². The van der Waals surface area contributed by atoms with E-state index in [0.29, 0.717) is 54.4 Å². The van der Waals surface area contributed by atoms with Crippen LogP contribution in [0.15, 0.2) is 30.3 Å². The molecule has 0 bridgehead atoms. The van der Waals surface area contributed by atoms with E-state index < -0.39 is 29.7 Å². The molecule has 5 rings (SSSR count). The molecule has 2 aliphatic rings. The summed E-state index contributed by atoms with van der Waals surface area (Å²) in [5.74, 6) is -0.695. The Labute approximate surface area is 183 Å². The topological polar surface area (TPSA) is 63.4 Å². The van der Waals surface area contributed by atoms with Crippen LogP contribution in [0.2, 0.25) is 0 Å². The second-order valence-electron chi connectivity index (χ2n) is 8.45. The first kappa shape index (κ1) is 21.0. The Morgan fingerprint density at radius 2 is 1.78 bits per heavy atom. The number of likely N-dealkylation sites (tertiary alicyclic amines) is 1. The van der Waals surface area contributed by atoms with Crippen molar-refractivity contribution in [2.75, 3.05) is 13.1 Å². The van der Waals surface area contributed by atoms with Crippen molar-refractivity contribution in [3.8, 4) is 11.4 Å². The van der Waals surface area contributed by atoms with Gasteiger partial charge in [0.15, 0.2) is 11.6 Å². The lowest BCUT2D eigenvalue weighted by Gasteiger charge is -2.30. The largest absolute Gasteiger partial charge is 0.481 e. The van der Waals surface area contributed by atoms with Gasteiger partial charge in [0.25, 0.3) is 0 Å². The standard InChI is InChI=1S/C23H23F3N4O2/c1-12-27-28-13(2)30(12)15-3-4-22(20(26)9-15)32-23-18-7-14(24)8-19(25)17(18)10-21(23)29-6-5-16(31)11-29/h3-4,7-9,16,21,23,31H,5-6,10-11H2,1-2H3/t16-,21+,23-/m1/s1. The SMILES string of the molecule is Cc1nnc(C)n1-c1ccc(O[C@@H]2c3cc(F)cc(F)c3C[C@@H]2N2CC[C@@H](O)C2)c(F)c1. The lowest BCUT2D eigenvalue weighted by Crippen LogP contribution is -2.39. The van der Waals surface area contributed by atoms with E-state index in [-0.39, 0.29) is 11.8 Å². The molecule has 1 saturated heterocycles. The van der Waals surface area contributed by atoms with Crippen molar-refractivity contribution in [1.82, 2.24) is 19.7 Å². The summed E-state index contributed by atoms with van der Waals surface area (Å²) < 4.78 is 51.4. The van der Waals surface area contributed by atoms with E-state index in [1.54, 1.807) is 24.5 Å². The van der Waals surface area contributed by atoms with Gasteiger partial charge in [0.05, 0.1) is 17.8 Å². The number of aliphatic hydroxyl groups excluding tert-OH is 1. The summed E-state index contributed by atoms with van der Waals surface area (Å²) in [5.41, 5.74) is 1.30. The van der Waals surface area contributed by atoms with Gasteiger partial charge in [-0.2, -0.15) is 0 Å². The van der Waals surface area contributed by atoms with Gasteiger partial charge in [-0.1, -0.05) is 0 Å². The smallest absolute Gasteiger partial charge is 0.167 e. The molecule has 0 amide bonds. The zero-order valence-corrected chi connectivity index (χ0v) is 17.7. The molecule has 1 aliphatic carbocycles. The van der Waals surface area contributed by atoms with Crippen LogP contribution in [0.4, 0.5) is 13.2 Å². The van der Waals surface area contributed by atoms with Gasteiger partial charge in [-0.25, -0.2) is 13.2 Å². The zero-order chi connectivity index (χ0) is 22.6. The number of hydrogen-bond acceptors (Lipinski definition) is 5. The fourth-order valence-corrected chi connectivity index (χ4v) is 4.85. The zero-order valence-electron chi connectivity index (χ0n) is 17.7. The summed E-state index contributed by atoms with van der Waals surface area (Å²) in [7, 11) is 0. The molecule has 1 aliphatic heterocycles. The number of halogens is 3. The van der Waals surface area contributed by atoms with Crippen molar-refractivity contribution >= 4 is 0 Å². The third-order valence-electron chi connectivity index (χ3n) is 6.34. The molecule has 6 nitrogen and oxygen atoms in total. The number of rotatable bonds is 4. The minimum absolute atomic E-state index is 0.00982. The quantitative estimate of drug-likeness (QED) is 0.668. The van der Waals surface area contributed by atoms with Gasteiger partial charge in [-0.05, 0) is 50.5 Å². The summed E-state index contributed by atoms with van der Waals surface area (Å²) in [6.07, 6.45) is -0.346. The number of ether oxygens (including phenoxy) is 1. The van der Waals surface area contributed by atoms with Crippen molar-refractivity contribution < 1.29 is 23.0 Å². The minimum Gasteiger partial charge on any atom is -0.481 e. The van der Waals surface area contributed by atoms with Gasteiger partial charge in [-0.15, -0.1) is 10.2 Å². The molecule has 2 heterocycles. The number of hydrogen-bond donors (Lipinski definition) is 1. The first-order valence-electron chi connectivity index (χ1n) is 10.6. The average molecular weight is 444 g/mol. The molecule has 2 aromatic carbocycles. The van der Waals surface area contributed by atoms with E-state index in [2.05, 4.69) is 10.2 Å². The van der Waals surface area contributed by atoms with Crippen LogP contribution in [0.1, 0.15) is 35.3 Å². The maximum Gasteiger partial charge on any atom is 0.167 e. The highest BCUT2D eigenvalue weighted by molar-refractivity contribution is 5.43. The minimum atomic E-state index is -0.765. The van der Waals surface area contributed by atoms with Crippen molar-refractivity contribution in [3.05, 3.63) is 70.6 Å². The lowest BCUT2D eigenvalue weighted by molar-refractivity contribution is 0.0789. The van der Waals surface area contributed by atoms with Crippen molar-refractivity contribution in [1.29, 1.82) is 0 Å². The van der Waals surface area contributed by atoms with Crippen LogP contribution in [0, 0.1) is 31.3 Å². The summed E-state index contributed by atoms with van der Waals surface area (Å²) in [6, 6.07) is 6.31. The van der Waals surface area contributed by atoms with E-state index in [1.807, 2.05) is 4.90 Å². The highest BCUT2D eigenvalue weighted by Gasteiger charge is 2.42. The highest BCUT2D eigenvalue weighted by Crippen LogP contribution is 2.41. The van der Waals surface area contributed by atoms with Crippen molar-refractivity contribution in [2.45, 2.75) is 44.9 Å². The average Bonchev–Trinajstić information content (AvgIpc) is 3.41. The monoisotopic (exact) mass is 444 g/mol. The predicted molar refractivity (Wildman–Crippen MR) is 110 cm³/mol. The van der Waals surface area contributed by atoms with Gasteiger partial charge < -0.3 is 9.84 Å². The van der Waals surface area contributed by atoms with Crippen LogP contribution >= 0.6 is 0 Å². The maximum atomic E-state index is 15.1. The summed E-state index contributed by atoms with van der Waals surface area (Å²) >= 11 is 0. The molecule has 1 aromatic heterocycles. The fraction of sp³-hybridized carbons (Fsp3) is 0.391. The molecule has 9 heteroatoms. The third kappa shape index (κ3) is 3.55. The Hall–Kier alpha value is -2.91. The lowest BCUT2D eigenvalue weighted by atomic mass is 10.1. The summed E-state index contributed by atoms with van der Waals surface area (Å²) in [5, 5.41) is 18.0. The predicted octanol–water partition coefficient (Wildman–Crippen LogP) is 3.41. The van der Waals surface area contributed by atoms with Gasteiger partial charge in [0, 0.05) is 30.8 Å². The van der Waals surface area contributed by atoms with Crippen LogP contribution in [0.3, 0.4) is 0 Å². The van der Waals surface area contributed by atoms with Crippen LogP contribution in [-0.4, -0.2) is 50.0 Å². The number of aryl methyl sites for hydroxylation is 2. The maximum absolute atomic E-state index is 15.1. The number of aromatic nitrogens is 3. The molecule has 3 aromatic rings. The van der Waals surface area contributed by atoms with Gasteiger partial charge >= 0.3 is 0 Å². The van der Waals surface area contributed by atoms with Gasteiger partial charge in [0.1, 0.15) is 29.4 Å². The molecule has 0 saturated carbocycles. The molecule has 3 atom stereocenters. The molecule has 0 unspecified atom stereocenters. The Morgan fingerprint density at radius 1 is 1.03 bits per heavy atom. The van der Waals surface area contributed by atoms with E-state index in [4.69, 9.17) is 4.74 Å². The Morgan fingerprint density at radius 3 is 2.44 bits per heavy atom. The van der Waals surface area contributed by atoms with Crippen LogP contribution in [-0.2, 0) is 6.42 Å². The second-order valence-corrected chi connectivity index (χ2v) is 8.45. The molecule has 1 N–H and O–H groups in total.